The van der Waals surface area contributed by atoms with E-state index in [2.05, 4.69) is 9.84 Å². The molecule has 1 rings (SSSR count). The highest BCUT2D eigenvalue weighted by Gasteiger charge is 2.37. The summed E-state index contributed by atoms with van der Waals surface area (Å²) in [6.45, 7) is 1.04. The Morgan fingerprint density at radius 1 is 1.35 bits per heavy atom. The number of esters is 1. The fourth-order valence-electron chi connectivity index (χ4n) is 2.09. The Morgan fingerprint density at radius 3 is 2.52 bits per heavy atom. The van der Waals surface area contributed by atoms with Crippen molar-refractivity contribution >= 4 is 12.3 Å². The van der Waals surface area contributed by atoms with Crippen LogP contribution in [0, 0.1) is 6.92 Å². The molecule has 6 nitrogen and oxygen atoms in total. The number of alkyl halides is 3. The maximum Gasteiger partial charge on any atom is 0.422 e. The van der Waals surface area contributed by atoms with E-state index in [0.717, 1.165) is 6.92 Å². The van der Waals surface area contributed by atoms with Gasteiger partial charge in [0.15, 0.2) is 0 Å². The van der Waals surface area contributed by atoms with Crippen molar-refractivity contribution in [1.82, 2.24) is 9.78 Å². The summed E-state index contributed by atoms with van der Waals surface area (Å²) in [7, 11) is 1.23. The van der Waals surface area contributed by atoms with Crippen molar-refractivity contribution < 1.29 is 27.5 Å². The fraction of sp³-hybridized carbons (Fsp3) is 0.571. The molecule has 0 aliphatic rings. The smallest absolute Gasteiger partial charge is 0.422 e. The van der Waals surface area contributed by atoms with Crippen LogP contribution in [0.1, 0.15) is 36.1 Å². The molecule has 1 aromatic rings. The van der Waals surface area contributed by atoms with Crippen molar-refractivity contribution in [2.24, 2.45) is 0 Å². The van der Waals surface area contributed by atoms with Crippen LogP contribution in [0.3, 0.4) is 0 Å². The third-order valence-corrected chi connectivity index (χ3v) is 3.29. The SMILES string of the molecule is COC(=O)CCCCn1nc(CC=O)c(C)c(C(F)(F)F)c1=O. The number of methoxy groups -OCH3 is 1. The molecule has 0 aromatic carbocycles. The summed E-state index contributed by atoms with van der Waals surface area (Å²) in [5, 5.41) is 3.83. The predicted molar refractivity (Wildman–Crippen MR) is 73.9 cm³/mol. The summed E-state index contributed by atoms with van der Waals surface area (Å²) in [5.74, 6) is -0.438. The molecule has 1 heterocycles. The molecule has 0 amide bonds. The molecule has 0 bridgehead atoms. The average Bonchev–Trinajstić information content (AvgIpc) is 2.46. The van der Waals surface area contributed by atoms with Crippen LogP contribution in [0.15, 0.2) is 4.79 Å². The summed E-state index contributed by atoms with van der Waals surface area (Å²) < 4.78 is 44.3. The Bertz CT molecular complexity index is 638. The van der Waals surface area contributed by atoms with E-state index < -0.39 is 23.3 Å². The van der Waals surface area contributed by atoms with Gasteiger partial charge in [-0.05, 0) is 25.3 Å². The fourth-order valence-corrected chi connectivity index (χ4v) is 2.09. The molecule has 23 heavy (non-hydrogen) atoms. The highest BCUT2D eigenvalue weighted by molar-refractivity contribution is 5.68. The van der Waals surface area contributed by atoms with Crippen molar-refractivity contribution in [1.29, 1.82) is 0 Å². The number of carbonyl (C=O) groups excluding carboxylic acids is 2. The first-order chi connectivity index (χ1) is 10.7. The molecule has 0 spiro atoms. The maximum absolute atomic E-state index is 13.1. The highest BCUT2D eigenvalue weighted by atomic mass is 19.4. The lowest BCUT2D eigenvalue weighted by Gasteiger charge is -2.15. The second-order valence-corrected chi connectivity index (χ2v) is 4.88. The van der Waals surface area contributed by atoms with Gasteiger partial charge in [-0.1, -0.05) is 0 Å². The minimum atomic E-state index is -4.82. The standard InChI is InChI=1S/C14H17F3N2O4/c1-9-10(6-8-20)18-19(7-4-3-5-11(21)23-2)13(22)12(9)14(15,16)17/h8H,3-7H2,1-2H3. The van der Waals surface area contributed by atoms with Gasteiger partial charge in [-0.3, -0.25) is 9.59 Å². The van der Waals surface area contributed by atoms with Crippen molar-refractivity contribution in [3.05, 3.63) is 27.2 Å². The molecule has 0 atom stereocenters. The lowest BCUT2D eigenvalue weighted by molar-refractivity contribution is -0.141. The van der Waals surface area contributed by atoms with Crippen molar-refractivity contribution in [2.75, 3.05) is 7.11 Å². The summed E-state index contributed by atoms with van der Waals surface area (Å²) in [4.78, 5) is 33.5. The molecule has 0 unspecified atom stereocenters. The number of aryl methyl sites for hydroxylation is 1. The second-order valence-electron chi connectivity index (χ2n) is 4.88. The molecule has 0 aliphatic carbocycles. The van der Waals surface area contributed by atoms with Gasteiger partial charge in [-0.2, -0.15) is 18.3 Å². The maximum atomic E-state index is 13.1. The molecule has 0 saturated heterocycles. The molecule has 0 aliphatic heterocycles. The first-order valence-electron chi connectivity index (χ1n) is 6.90. The summed E-state index contributed by atoms with van der Waals surface area (Å²) in [6.07, 6.45) is -3.97. The molecule has 0 N–H and O–H groups in total. The van der Waals surface area contributed by atoms with Gasteiger partial charge in [0.2, 0.25) is 0 Å². The second kappa shape index (κ2) is 7.89. The molecule has 128 valence electrons. The van der Waals surface area contributed by atoms with E-state index in [1.165, 1.54) is 7.11 Å². The Kier molecular flexibility index (Phi) is 6.47. The Balaban J connectivity index is 3.07. The molecule has 9 heteroatoms. The van der Waals surface area contributed by atoms with Gasteiger partial charge in [0.25, 0.3) is 5.56 Å². The first kappa shape index (κ1) is 18.9. The Hall–Kier alpha value is -2.19. The van der Waals surface area contributed by atoms with Gasteiger partial charge in [0.05, 0.1) is 12.8 Å². The van der Waals surface area contributed by atoms with Gasteiger partial charge in [0, 0.05) is 19.4 Å². The van der Waals surface area contributed by atoms with Crippen molar-refractivity contribution in [3.8, 4) is 0 Å². The van der Waals surface area contributed by atoms with Crippen LogP contribution in [0.2, 0.25) is 0 Å². The van der Waals surface area contributed by atoms with Crippen LogP contribution in [-0.4, -0.2) is 29.1 Å². The lowest BCUT2D eigenvalue weighted by atomic mass is 10.1. The molecular weight excluding hydrogens is 317 g/mol. The van der Waals surface area contributed by atoms with E-state index in [1.807, 2.05) is 0 Å². The van der Waals surface area contributed by atoms with Crippen LogP contribution >= 0.6 is 0 Å². The van der Waals surface area contributed by atoms with E-state index in [9.17, 15) is 27.6 Å². The molecular formula is C14H17F3N2O4. The molecule has 0 radical (unpaired) electrons. The average molecular weight is 334 g/mol. The van der Waals surface area contributed by atoms with E-state index in [0.29, 0.717) is 17.4 Å². The number of hydrogen-bond acceptors (Lipinski definition) is 5. The number of aromatic nitrogens is 2. The zero-order valence-corrected chi connectivity index (χ0v) is 12.8. The Labute approximate surface area is 130 Å². The summed E-state index contributed by atoms with van der Waals surface area (Å²) >= 11 is 0. The third-order valence-electron chi connectivity index (χ3n) is 3.29. The number of hydrogen-bond donors (Lipinski definition) is 0. The van der Waals surface area contributed by atoms with Crippen molar-refractivity contribution in [3.63, 3.8) is 0 Å². The molecule has 0 saturated carbocycles. The number of aldehydes is 1. The minimum absolute atomic E-state index is 0.0783. The number of nitrogens with zero attached hydrogens (tertiary/aromatic N) is 2. The number of halogens is 3. The number of unbranched alkanes of at least 4 members (excludes halogenated alkanes) is 1. The first-order valence-corrected chi connectivity index (χ1v) is 6.90. The van der Waals surface area contributed by atoms with E-state index >= 15 is 0 Å². The van der Waals surface area contributed by atoms with Gasteiger partial charge in [-0.15, -0.1) is 0 Å². The van der Waals surface area contributed by atoms with Crippen LogP contribution < -0.4 is 5.56 Å². The highest BCUT2D eigenvalue weighted by Crippen LogP contribution is 2.29. The zero-order valence-electron chi connectivity index (χ0n) is 12.8. The molecule has 1 aromatic heterocycles. The predicted octanol–water partition coefficient (Wildman–Crippen LogP) is 1.66. The lowest BCUT2D eigenvalue weighted by Crippen LogP contribution is -2.33. The quantitative estimate of drug-likeness (QED) is 0.430. The summed E-state index contributed by atoms with van der Waals surface area (Å²) in [6, 6.07) is 0. The topological polar surface area (TPSA) is 78.3 Å². The van der Waals surface area contributed by atoms with Gasteiger partial charge < -0.3 is 9.53 Å². The van der Waals surface area contributed by atoms with Gasteiger partial charge >= 0.3 is 12.1 Å². The van der Waals surface area contributed by atoms with E-state index in [1.54, 1.807) is 0 Å². The summed E-state index contributed by atoms with van der Waals surface area (Å²) in [5.41, 5.74) is -2.97. The van der Waals surface area contributed by atoms with E-state index in [-0.39, 0.29) is 37.1 Å². The number of carbonyl (C=O) groups is 2. The largest absolute Gasteiger partial charge is 0.469 e. The van der Waals surface area contributed by atoms with Crippen LogP contribution in [0.25, 0.3) is 0 Å². The number of rotatable bonds is 7. The van der Waals surface area contributed by atoms with Crippen LogP contribution in [0.4, 0.5) is 13.2 Å². The van der Waals surface area contributed by atoms with Gasteiger partial charge in [-0.25, -0.2) is 4.68 Å². The van der Waals surface area contributed by atoms with E-state index in [4.69, 9.17) is 0 Å². The van der Waals surface area contributed by atoms with Crippen LogP contribution in [0.5, 0.6) is 0 Å². The zero-order chi connectivity index (χ0) is 17.6. The number of ether oxygens (including phenoxy) is 1. The monoisotopic (exact) mass is 334 g/mol. The van der Waals surface area contributed by atoms with Crippen LogP contribution in [-0.2, 0) is 33.5 Å². The minimum Gasteiger partial charge on any atom is -0.469 e. The molecule has 0 fully saturated rings. The normalized spacial score (nSPS) is 11.3. The van der Waals surface area contributed by atoms with Crippen molar-refractivity contribution in [2.45, 2.75) is 45.3 Å². The van der Waals surface area contributed by atoms with Gasteiger partial charge in [0.1, 0.15) is 11.8 Å². The Morgan fingerprint density at radius 2 is 2.00 bits per heavy atom. The third kappa shape index (κ3) is 4.90.